The quantitative estimate of drug-likeness (QED) is 0.466. The second kappa shape index (κ2) is 4.35. The Bertz CT molecular complexity index is 200. The molecule has 2 fully saturated rings. The highest BCUT2D eigenvalue weighted by Gasteiger charge is 2.40. The van der Waals surface area contributed by atoms with Crippen LogP contribution in [0.25, 0.3) is 0 Å². The summed E-state index contributed by atoms with van der Waals surface area (Å²) in [6.45, 7) is 0. The van der Waals surface area contributed by atoms with Gasteiger partial charge < -0.3 is 25.2 Å². The van der Waals surface area contributed by atoms with Crippen LogP contribution in [0, 0.1) is 0 Å². The van der Waals surface area contributed by atoms with Crippen LogP contribution >= 0.6 is 0 Å². The van der Waals surface area contributed by atoms with Gasteiger partial charge >= 0.3 is 0 Å². The molecule has 88 valence electrons. The van der Waals surface area contributed by atoms with E-state index < -0.39 is 36.6 Å². The van der Waals surface area contributed by atoms with Gasteiger partial charge in [-0.15, -0.1) is 0 Å². The van der Waals surface area contributed by atoms with Crippen molar-refractivity contribution in [1.82, 2.24) is 0 Å². The predicted molar refractivity (Wildman–Crippen MR) is 51.2 cm³/mol. The molecule has 6 unspecified atom stereocenters. The highest BCUT2D eigenvalue weighted by atomic mass is 16.5. The Balaban J connectivity index is 1.87. The molecule has 2 aliphatic rings. The Labute approximate surface area is 88.3 Å². The van der Waals surface area contributed by atoms with Crippen LogP contribution in [0.1, 0.15) is 25.7 Å². The van der Waals surface area contributed by atoms with Gasteiger partial charge in [-0.1, -0.05) is 0 Å². The molecule has 5 nitrogen and oxygen atoms in total. The fourth-order valence-corrected chi connectivity index (χ4v) is 2.37. The van der Waals surface area contributed by atoms with Crippen LogP contribution < -0.4 is 0 Å². The average molecular weight is 218 g/mol. The highest BCUT2D eigenvalue weighted by Crippen LogP contribution is 2.29. The lowest BCUT2D eigenvalue weighted by atomic mass is 10.2. The van der Waals surface area contributed by atoms with E-state index in [2.05, 4.69) is 0 Å². The van der Waals surface area contributed by atoms with E-state index in [1.54, 1.807) is 0 Å². The standard InChI is InChI=1S/C10H18O5/c11-5-1-3-7(9(5)13)15-8-4-2-6(12)10(8)14/h5-14H,1-4H2. The van der Waals surface area contributed by atoms with Gasteiger partial charge in [0, 0.05) is 0 Å². The van der Waals surface area contributed by atoms with E-state index >= 15 is 0 Å². The topological polar surface area (TPSA) is 90.2 Å². The summed E-state index contributed by atoms with van der Waals surface area (Å²) in [5.41, 5.74) is 0. The van der Waals surface area contributed by atoms with Crippen molar-refractivity contribution in [1.29, 1.82) is 0 Å². The summed E-state index contributed by atoms with van der Waals surface area (Å²) in [4.78, 5) is 0. The fourth-order valence-electron chi connectivity index (χ4n) is 2.37. The predicted octanol–water partition coefficient (Wildman–Crippen LogP) is -1.23. The van der Waals surface area contributed by atoms with Crippen molar-refractivity contribution in [2.75, 3.05) is 0 Å². The molecule has 0 aromatic heterocycles. The van der Waals surface area contributed by atoms with Crippen molar-refractivity contribution >= 4 is 0 Å². The first kappa shape index (κ1) is 11.3. The first-order valence-corrected chi connectivity index (χ1v) is 5.47. The summed E-state index contributed by atoms with van der Waals surface area (Å²) >= 11 is 0. The largest absolute Gasteiger partial charge is 0.390 e. The normalized spacial score (nSPS) is 51.2. The van der Waals surface area contributed by atoms with Gasteiger partial charge in [-0.25, -0.2) is 0 Å². The van der Waals surface area contributed by atoms with Crippen molar-refractivity contribution in [3.63, 3.8) is 0 Å². The zero-order chi connectivity index (χ0) is 11.0. The molecule has 15 heavy (non-hydrogen) atoms. The van der Waals surface area contributed by atoms with Crippen molar-refractivity contribution in [3.05, 3.63) is 0 Å². The molecular formula is C10H18O5. The molecular weight excluding hydrogens is 200 g/mol. The molecule has 0 amide bonds. The van der Waals surface area contributed by atoms with Crippen LogP contribution in [-0.4, -0.2) is 57.0 Å². The van der Waals surface area contributed by atoms with E-state index in [-0.39, 0.29) is 0 Å². The Morgan fingerprint density at radius 1 is 0.667 bits per heavy atom. The van der Waals surface area contributed by atoms with Crippen molar-refractivity contribution in [2.45, 2.75) is 62.3 Å². The van der Waals surface area contributed by atoms with Gasteiger partial charge in [-0.2, -0.15) is 0 Å². The van der Waals surface area contributed by atoms with Crippen LogP contribution in [0.15, 0.2) is 0 Å². The number of hydrogen-bond donors (Lipinski definition) is 4. The van der Waals surface area contributed by atoms with Gasteiger partial charge in [-0.3, -0.25) is 0 Å². The maximum absolute atomic E-state index is 9.55. The van der Waals surface area contributed by atoms with Gasteiger partial charge in [0.2, 0.25) is 0 Å². The number of aliphatic hydroxyl groups is 4. The Hall–Kier alpha value is -0.200. The smallest absolute Gasteiger partial charge is 0.106 e. The Morgan fingerprint density at radius 3 is 1.33 bits per heavy atom. The van der Waals surface area contributed by atoms with Crippen LogP contribution in [0.2, 0.25) is 0 Å². The highest BCUT2D eigenvalue weighted by molar-refractivity contribution is 4.90. The lowest BCUT2D eigenvalue weighted by Crippen LogP contribution is -2.38. The minimum Gasteiger partial charge on any atom is -0.390 e. The third kappa shape index (κ3) is 2.16. The fraction of sp³-hybridized carbons (Fsp3) is 1.00. The second-order valence-electron chi connectivity index (χ2n) is 4.48. The van der Waals surface area contributed by atoms with Gasteiger partial charge in [-0.05, 0) is 25.7 Å². The molecule has 0 aliphatic heterocycles. The van der Waals surface area contributed by atoms with E-state index in [1.807, 2.05) is 0 Å². The summed E-state index contributed by atoms with van der Waals surface area (Å²) in [5.74, 6) is 0. The van der Waals surface area contributed by atoms with Crippen molar-refractivity contribution in [2.24, 2.45) is 0 Å². The van der Waals surface area contributed by atoms with E-state index in [9.17, 15) is 20.4 Å². The lowest BCUT2D eigenvalue weighted by Gasteiger charge is -2.24. The minimum absolute atomic E-state index is 0.412. The van der Waals surface area contributed by atoms with Gasteiger partial charge in [0.1, 0.15) is 12.2 Å². The van der Waals surface area contributed by atoms with E-state index in [4.69, 9.17) is 4.74 Å². The molecule has 0 heterocycles. The summed E-state index contributed by atoms with van der Waals surface area (Å²) in [6.07, 6.45) is -1.76. The molecule has 2 rings (SSSR count). The third-order valence-corrected chi connectivity index (χ3v) is 3.39. The number of hydrogen-bond acceptors (Lipinski definition) is 5. The molecule has 4 N–H and O–H groups in total. The molecule has 2 aliphatic carbocycles. The van der Waals surface area contributed by atoms with Crippen LogP contribution in [0.5, 0.6) is 0 Å². The first-order valence-electron chi connectivity index (χ1n) is 5.47. The monoisotopic (exact) mass is 218 g/mol. The van der Waals surface area contributed by atoms with E-state index in [1.165, 1.54) is 0 Å². The molecule has 5 heteroatoms. The van der Waals surface area contributed by atoms with E-state index in [0.717, 1.165) is 0 Å². The Morgan fingerprint density at radius 2 is 1.07 bits per heavy atom. The number of ether oxygens (including phenoxy) is 1. The van der Waals surface area contributed by atoms with Crippen molar-refractivity contribution in [3.8, 4) is 0 Å². The molecule has 2 saturated carbocycles. The zero-order valence-corrected chi connectivity index (χ0v) is 8.49. The average Bonchev–Trinajstić information content (AvgIpc) is 2.68. The maximum atomic E-state index is 9.55. The summed E-state index contributed by atoms with van der Waals surface area (Å²) in [7, 11) is 0. The zero-order valence-electron chi connectivity index (χ0n) is 8.49. The molecule has 0 aromatic rings. The molecule has 0 spiro atoms. The van der Waals surface area contributed by atoms with Crippen molar-refractivity contribution < 1.29 is 25.2 Å². The third-order valence-electron chi connectivity index (χ3n) is 3.39. The van der Waals surface area contributed by atoms with Gasteiger partial charge in [0.05, 0.1) is 24.4 Å². The molecule has 0 bridgehead atoms. The Kier molecular flexibility index (Phi) is 3.27. The molecule has 0 saturated heterocycles. The number of aliphatic hydroxyl groups excluding tert-OH is 4. The van der Waals surface area contributed by atoms with Crippen LogP contribution in [0.4, 0.5) is 0 Å². The molecule has 0 radical (unpaired) electrons. The second-order valence-corrected chi connectivity index (χ2v) is 4.48. The number of rotatable bonds is 2. The maximum Gasteiger partial charge on any atom is 0.106 e. The van der Waals surface area contributed by atoms with Crippen LogP contribution in [0.3, 0.4) is 0 Å². The SMILES string of the molecule is OC1CCC(OC2CCC(O)C2O)C1O. The summed E-state index contributed by atoms with van der Waals surface area (Å²) < 4.78 is 5.52. The van der Waals surface area contributed by atoms with Gasteiger partial charge in [0.25, 0.3) is 0 Å². The minimum atomic E-state index is -0.866. The van der Waals surface area contributed by atoms with Crippen LogP contribution in [-0.2, 0) is 4.74 Å². The first-order chi connectivity index (χ1) is 7.09. The summed E-state index contributed by atoms with van der Waals surface area (Å²) in [5, 5.41) is 37.7. The van der Waals surface area contributed by atoms with Gasteiger partial charge in [0.15, 0.2) is 0 Å². The molecule has 0 aromatic carbocycles. The molecule has 6 atom stereocenters. The summed E-state index contributed by atoms with van der Waals surface area (Å²) in [6, 6.07) is 0. The lowest BCUT2D eigenvalue weighted by molar-refractivity contribution is -0.120. The van der Waals surface area contributed by atoms with E-state index in [0.29, 0.717) is 25.7 Å².